The second kappa shape index (κ2) is 7.85. The lowest BCUT2D eigenvalue weighted by Crippen LogP contribution is -2.47. The lowest BCUT2D eigenvalue weighted by Gasteiger charge is -2.33. The van der Waals surface area contributed by atoms with E-state index in [0.29, 0.717) is 31.0 Å². The molecule has 2 heterocycles. The van der Waals surface area contributed by atoms with Crippen molar-refractivity contribution in [3.8, 4) is 11.5 Å². The molecule has 3 aliphatic rings. The molecule has 5 rings (SSSR count). The van der Waals surface area contributed by atoms with Crippen LogP contribution < -0.4 is 14.8 Å². The zero-order chi connectivity index (χ0) is 22.3. The number of rotatable bonds is 5. The SMILES string of the molecule is CCN(Cc1ccc2c(c1)OCO2)C(=O)CN1C(=O)NC2(CCCc3ccccc32)C1=O. The van der Waals surface area contributed by atoms with Gasteiger partial charge in [-0.25, -0.2) is 4.79 Å². The molecule has 1 N–H and O–H groups in total. The summed E-state index contributed by atoms with van der Waals surface area (Å²) >= 11 is 0. The van der Waals surface area contributed by atoms with Crippen LogP contribution in [0.2, 0.25) is 0 Å². The number of imide groups is 1. The molecular formula is C24H25N3O5. The van der Waals surface area contributed by atoms with Crippen LogP contribution in [0.5, 0.6) is 11.5 Å². The second-order valence-corrected chi connectivity index (χ2v) is 8.33. The smallest absolute Gasteiger partial charge is 0.325 e. The highest BCUT2D eigenvalue weighted by Crippen LogP contribution is 2.40. The van der Waals surface area contributed by atoms with Crippen molar-refractivity contribution < 1.29 is 23.9 Å². The first-order valence-corrected chi connectivity index (χ1v) is 10.9. The first-order chi connectivity index (χ1) is 15.5. The molecule has 0 saturated carbocycles. The minimum Gasteiger partial charge on any atom is -0.454 e. The van der Waals surface area contributed by atoms with E-state index in [2.05, 4.69) is 5.32 Å². The third kappa shape index (κ3) is 3.26. The number of nitrogens with zero attached hydrogens (tertiary/aromatic N) is 2. The molecule has 1 aliphatic carbocycles. The van der Waals surface area contributed by atoms with Gasteiger partial charge >= 0.3 is 6.03 Å². The number of carbonyl (C=O) groups is 3. The lowest BCUT2D eigenvalue weighted by atomic mass is 9.76. The minimum absolute atomic E-state index is 0.187. The van der Waals surface area contributed by atoms with Crippen molar-refractivity contribution in [3.63, 3.8) is 0 Å². The molecule has 1 fully saturated rings. The van der Waals surface area contributed by atoms with Gasteiger partial charge in [0.05, 0.1) is 0 Å². The van der Waals surface area contributed by atoms with E-state index < -0.39 is 11.6 Å². The third-order valence-electron chi connectivity index (χ3n) is 6.49. The van der Waals surface area contributed by atoms with Crippen LogP contribution in [0.3, 0.4) is 0 Å². The van der Waals surface area contributed by atoms with Crippen molar-refractivity contribution in [2.45, 2.75) is 38.3 Å². The topological polar surface area (TPSA) is 88.2 Å². The maximum absolute atomic E-state index is 13.4. The fourth-order valence-corrected chi connectivity index (χ4v) is 4.83. The molecule has 2 aliphatic heterocycles. The number of hydrogen-bond acceptors (Lipinski definition) is 5. The highest BCUT2D eigenvalue weighted by Gasteiger charge is 2.54. The number of likely N-dealkylation sites (N-methyl/N-ethyl adjacent to an activating group) is 1. The van der Waals surface area contributed by atoms with Gasteiger partial charge in [0.25, 0.3) is 5.91 Å². The summed E-state index contributed by atoms with van der Waals surface area (Å²) in [5, 5.41) is 2.90. The van der Waals surface area contributed by atoms with Gasteiger partial charge in [-0.05, 0) is 55.0 Å². The number of amides is 4. The summed E-state index contributed by atoms with van der Waals surface area (Å²) in [6.07, 6.45) is 2.21. The van der Waals surface area contributed by atoms with Gasteiger partial charge in [0.1, 0.15) is 12.1 Å². The quantitative estimate of drug-likeness (QED) is 0.730. The Morgan fingerprint density at radius 1 is 1.16 bits per heavy atom. The van der Waals surface area contributed by atoms with Crippen molar-refractivity contribution in [1.29, 1.82) is 0 Å². The van der Waals surface area contributed by atoms with Gasteiger partial charge in [0.2, 0.25) is 12.7 Å². The number of nitrogens with one attached hydrogen (secondary N) is 1. The second-order valence-electron chi connectivity index (χ2n) is 8.33. The van der Waals surface area contributed by atoms with E-state index >= 15 is 0 Å². The molecule has 1 spiro atoms. The van der Waals surface area contributed by atoms with Gasteiger partial charge in [-0.1, -0.05) is 30.3 Å². The fourth-order valence-electron chi connectivity index (χ4n) is 4.83. The van der Waals surface area contributed by atoms with Crippen molar-refractivity contribution >= 4 is 17.8 Å². The summed E-state index contributed by atoms with van der Waals surface area (Å²) in [7, 11) is 0. The van der Waals surface area contributed by atoms with Crippen molar-refractivity contribution in [2.75, 3.05) is 19.9 Å². The molecule has 0 bridgehead atoms. The van der Waals surface area contributed by atoms with Crippen LogP contribution in [0.4, 0.5) is 4.79 Å². The van der Waals surface area contributed by atoms with Crippen LogP contribution >= 0.6 is 0 Å². The molecular weight excluding hydrogens is 410 g/mol. The molecule has 8 nitrogen and oxygen atoms in total. The van der Waals surface area contributed by atoms with Crippen LogP contribution in [-0.2, 0) is 28.1 Å². The number of hydrogen-bond donors (Lipinski definition) is 1. The van der Waals surface area contributed by atoms with Crippen LogP contribution in [0.1, 0.15) is 36.5 Å². The number of benzene rings is 2. The standard InChI is InChI=1S/C24H25N3O5/c1-2-26(13-16-9-10-19-20(12-16)32-15-31-19)21(28)14-27-22(29)24(25-23(27)30)11-5-7-17-6-3-4-8-18(17)24/h3-4,6,8-10,12H,2,5,7,11,13-15H2,1H3,(H,25,30). The summed E-state index contributed by atoms with van der Waals surface area (Å²) in [5.41, 5.74) is 1.73. The lowest BCUT2D eigenvalue weighted by molar-refractivity contribution is -0.139. The summed E-state index contributed by atoms with van der Waals surface area (Å²) in [5.74, 6) is 0.704. The highest BCUT2D eigenvalue weighted by atomic mass is 16.7. The van der Waals surface area contributed by atoms with E-state index in [4.69, 9.17) is 9.47 Å². The van der Waals surface area contributed by atoms with E-state index in [-0.39, 0.29) is 25.2 Å². The molecule has 2 aromatic rings. The van der Waals surface area contributed by atoms with Crippen LogP contribution in [0.25, 0.3) is 0 Å². The predicted octanol–water partition coefficient (Wildman–Crippen LogP) is 2.55. The molecule has 166 valence electrons. The Morgan fingerprint density at radius 2 is 1.97 bits per heavy atom. The number of ether oxygens (including phenoxy) is 2. The highest BCUT2D eigenvalue weighted by molar-refractivity contribution is 6.09. The van der Waals surface area contributed by atoms with E-state index in [1.807, 2.05) is 49.4 Å². The Bertz CT molecular complexity index is 1100. The molecule has 0 aromatic heterocycles. The molecule has 32 heavy (non-hydrogen) atoms. The van der Waals surface area contributed by atoms with E-state index in [1.54, 1.807) is 4.90 Å². The molecule has 2 aromatic carbocycles. The predicted molar refractivity (Wildman–Crippen MR) is 115 cm³/mol. The Hall–Kier alpha value is -3.55. The first kappa shape index (κ1) is 20.4. The van der Waals surface area contributed by atoms with Gasteiger partial charge < -0.3 is 19.7 Å². The maximum Gasteiger partial charge on any atom is 0.325 e. The van der Waals surface area contributed by atoms with Gasteiger partial charge in [-0.2, -0.15) is 0 Å². The van der Waals surface area contributed by atoms with Crippen molar-refractivity contribution in [3.05, 3.63) is 59.2 Å². The number of aryl methyl sites for hydroxylation is 1. The molecule has 1 unspecified atom stereocenters. The largest absolute Gasteiger partial charge is 0.454 e. The van der Waals surface area contributed by atoms with Crippen LogP contribution in [-0.4, -0.2) is 47.5 Å². The van der Waals surface area contributed by atoms with E-state index in [0.717, 1.165) is 34.4 Å². The van der Waals surface area contributed by atoms with Crippen LogP contribution in [0, 0.1) is 0 Å². The van der Waals surface area contributed by atoms with Crippen molar-refractivity contribution in [2.24, 2.45) is 0 Å². The first-order valence-electron chi connectivity index (χ1n) is 10.9. The van der Waals surface area contributed by atoms with Gasteiger partial charge in [0, 0.05) is 13.1 Å². The average Bonchev–Trinajstić information content (AvgIpc) is 3.36. The molecule has 1 atom stereocenters. The maximum atomic E-state index is 13.4. The monoisotopic (exact) mass is 435 g/mol. The Morgan fingerprint density at radius 3 is 2.81 bits per heavy atom. The van der Waals surface area contributed by atoms with E-state index in [9.17, 15) is 14.4 Å². The Balaban J connectivity index is 1.33. The van der Waals surface area contributed by atoms with E-state index in [1.165, 1.54) is 0 Å². The number of fused-ring (bicyclic) bond motifs is 3. The molecule has 4 amide bonds. The van der Waals surface area contributed by atoms with Crippen LogP contribution in [0.15, 0.2) is 42.5 Å². The summed E-state index contributed by atoms with van der Waals surface area (Å²) in [6.45, 7) is 2.57. The zero-order valence-corrected chi connectivity index (χ0v) is 17.9. The summed E-state index contributed by atoms with van der Waals surface area (Å²) in [4.78, 5) is 42.0. The fraction of sp³-hybridized carbons (Fsp3) is 0.375. The average molecular weight is 435 g/mol. The van der Waals surface area contributed by atoms with Gasteiger partial charge in [0.15, 0.2) is 11.5 Å². The van der Waals surface area contributed by atoms with Crippen molar-refractivity contribution in [1.82, 2.24) is 15.1 Å². The number of urea groups is 1. The minimum atomic E-state index is -1.07. The van der Waals surface area contributed by atoms with Gasteiger partial charge in [-0.3, -0.25) is 14.5 Å². The molecule has 1 saturated heterocycles. The van der Waals surface area contributed by atoms with Gasteiger partial charge in [-0.15, -0.1) is 0 Å². The normalized spacial score (nSPS) is 21.0. The number of carbonyl (C=O) groups excluding carboxylic acids is 3. The Labute approximate surface area is 186 Å². The summed E-state index contributed by atoms with van der Waals surface area (Å²) < 4.78 is 10.7. The molecule has 8 heteroatoms. The third-order valence-corrected chi connectivity index (χ3v) is 6.49. The summed E-state index contributed by atoms with van der Waals surface area (Å²) in [6, 6.07) is 12.7. The Kier molecular flexibility index (Phi) is 5.00. The molecule has 0 radical (unpaired) electrons. The zero-order valence-electron chi connectivity index (χ0n) is 17.9.